The van der Waals surface area contributed by atoms with Crippen LogP contribution in [0.2, 0.25) is 0 Å². The highest BCUT2D eigenvalue weighted by molar-refractivity contribution is 7.85. The third-order valence-electron chi connectivity index (χ3n) is 4.53. The standard InChI is InChI=1S/C23H25NO4S/c25-29(26,27)16-10-2-1-9-15-28-23-18-21(19-11-5-3-6-12-19)17-22(24-23)20-13-7-4-8-14-20/h3-8,11-14,17-18H,1-2,9-10,15-16H2,(H,25,26,27). The van der Waals surface area contributed by atoms with Gasteiger partial charge in [0.1, 0.15) is 0 Å². The fourth-order valence-corrected chi connectivity index (χ4v) is 3.62. The number of ether oxygens (including phenoxy) is 1. The van der Waals surface area contributed by atoms with Gasteiger partial charge in [-0.1, -0.05) is 73.5 Å². The van der Waals surface area contributed by atoms with Gasteiger partial charge in [0.15, 0.2) is 0 Å². The SMILES string of the molecule is O=S(=O)(O)CCCCCCOc1cc(-c2ccccc2)cc(-c2ccccc2)n1. The van der Waals surface area contributed by atoms with Crippen molar-refractivity contribution in [3.63, 3.8) is 0 Å². The Morgan fingerprint density at radius 1 is 0.759 bits per heavy atom. The van der Waals surface area contributed by atoms with Crippen LogP contribution in [0.15, 0.2) is 72.8 Å². The van der Waals surface area contributed by atoms with Crippen molar-refractivity contribution in [1.29, 1.82) is 0 Å². The molecule has 3 aromatic rings. The summed E-state index contributed by atoms with van der Waals surface area (Å²) < 4.78 is 36.1. The molecule has 0 saturated heterocycles. The van der Waals surface area contributed by atoms with Crippen LogP contribution in [-0.2, 0) is 10.1 Å². The first kappa shape index (κ1) is 21.0. The third kappa shape index (κ3) is 7.00. The minimum absolute atomic E-state index is 0.186. The van der Waals surface area contributed by atoms with Crippen LogP contribution < -0.4 is 4.74 Å². The Balaban J connectivity index is 1.66. The molecule has 0 spiro atoms. The van der Waals surface area contributed by atoms with Crippen LogP contribution in [0.5, 0.6) is 5.88 Å². The van der Waals surface area contributed by atoms with E-state index in [1.54, 1.807) is 0 Å². The van der Waals surface area contributed by atoms with Gasteiger partial charge in [0.05, 0.1) is 18.1 Å². The summed E-state index contributed by atoms with van der Waals surface area (Å²) in [5.41, 5.74) is 4.03. The van der Waals surface area contributed by atoms with Crippen LogP contribution in [0.1, 0.15) is 25.7 Å². The van der Waals surface area contributed by atoms with Crippen molar-refractivity contribution in [3.05, 3.63) is 72.8 Å². The van der Waals surface area contributed by atoms with Gasteiger partial charge in [0, 0.05) is 11.6 Å². The molecule has 0 fully saturated rings. The highest BCUT2D eigenvalue weighted by Crippen LogP contribution is 2.28. The molecule has 3 rings (SSSR count). The molecular formula is C23H25NO4S. The normalized spacial score (nSPS) is 11.3. The summed E-state index contributed by atoms with van der Waals surface area (Å²) in [5.74, 6) is 0.387. The van der Waals surface area contributed by atoms with Gasteiger partial charge >= 0.3 is 0 Å². The first-order chi connectivity index (χ1) is 14.0. The number of unbranched alkanes of at least 4 members (excludes halogenated alkanes) is 3. The van der Waals surface area contributed by atoms with Gasteiger partial charge in [0.2, 0.25) is 5.88 Å². The van der Waals surface area contributed by atoms with E-state index in [9.17, 15) is 8.42 Å². The minimum atomic E-state index is -3.86. The molecular weight excluding hydrogens is 386 g/mol. The Morgan fingerprint density at radius 2 is 1.38 bits per heavy atom. The third-order valence-corrected chi connectivity index (χ3v) is 5.33. The number of hydrogen-bond acceptors (Lipinski definition) is 4. The van der Waals surface area contributed by atoms with Crippen molar-refractivity contribution >= 4 is 10.1 Å². The van der Waals surface area contributed by atoms with Crippen molar-refractivity contribution in [2.24, 2.45) is 0 Å². The molecule has 1 aromatic heterocycles. The summed E-state index contributed by atoms with van der Waals surface area (Å²) in [6.45, 7) is 0.505. The monoisotopic (exact) mass is 411 g/mol. The number of nitrogens with zero attached hydrogens (tertiary/aromatic N) is 1. The van der Waals surface area contributed by atoms with Crippen molar-refractivity contribution in [1.82, 2.24) is 4.98 Å². The van der Waals surface area contributed by atoms with E-state index in [0.717, 1.165) is 41.6 Å². The molecule has 0 aliphatic rings. The molecule has 0 atom stereocenters. The molecule has 0 saturated carbocycles. The van der Waals surface area contributed by atoms with Crippen LogP contribution in [0.3, 0.4) is 0 Å². The number of rotatable bonds is 10. The predicted molar refractivity (Wildman–Crippen MR) is 115 cm³/mol. The fraction of sp³-hybridized carbons (Fsp3) is 0.261. The second-order valence-electron chi connectivity index (χ2n) is 6.86. The van der Waals surface area contributed by atoms with Crippen molar-refractivity contribution in [2.45, 2.75) is 25.7 Å². The zero-order valence-electron chi connectivity index (χ0n) is 16.2. The average Bonchev–Trinajstić information content (AvgIpc) is 2.73. The summed E-state index contributed by atoms with van der Waals surface area (Å²) in [4.78, 5) is 4.66. The topological polar surface area (TPSA) is 76.5 Å². The molecule has 0 unspecified atom stereocenters. The van der Waals surface area contributed by atoms with Crippen molar-refractivity contribution in [3.8, 4) is 28.3 Å². The average molecular weight is 412 g/mol. The smallest absolute Gasteiger partial charge is 0.264 e. The Kier molecular flexibility index (Phi) is 7.38. The molecule has 152 valence electrons. The van der Waals surface area contributed by atoms with Crippen LogP contribution in [-0.4, -0.2) is 30.3 Å². The Morgan fingerprint density at radius 3 is 2.03 bits per heavy atom. The van der Waals surface area contributed by atoms with Gasteiger partial charge in [0.25, 0.3) is 10.1 Å². The largest absolute Gasteiger partial charge is 0.478 e. The molecule has 29 heavy (non-hydrogen) atoms. The zero-order valence-corrected chi connectivity index (χ0v) is 17.0. The summed E-state index contributed by atoms with van der Waals surface area (Å²) >= 11 is 0. The lowest BCUT2D eigenvalue weighted by atomic mass is 10.0. The first-order valence-electron chi connectivity index (χ1n) is 9.72. The lowest BCUT2D eigenvalue weighted by Gasteiger charge is -2.11. The van der Waals surface area contributed by atoms with Crippen molar-refractivity contribution < 1.29 is 17.7 Å². The molecule has 0 radical (unpaired) electrons. The first-order valence-corrected chi connectivity index (χ1v) is 11.3. The van der Waals surface area contributed by atoms with Crippen LogP contribution in [0, 0.1) is 0 Å². The second-order valence-corrected chi connectivity index (χ2v) is 8.43. The lowest BCUT2D eigenvalue weighted by Crippen LogP contribution is -2.04. The van der Waals surface area contributed by atoms with Crippen molar-refractivity contribution in [2.75, 3.05) is 12.4 Å². The van der Waals surface area contributed by atoms with E-state index in [-0.39, 0.29) is 5.75 Å². The van der Waals surface area contributed by atoms with E-state index in [2.05, 4.69) is 23.2 Å². The van der Waals surface area contributed by atoms with Gasteiger partial charge < -0.3 is 4.74 Å². The number of benzene rings is 2. The van der Waals surface area contributed by atoms with E-state index in [1.807, 2.05) is 54.6 Å². The maximum atomic E-state index is 10.7. The van der Waals surface area contributed by atoms with Crippen LogP contribution >= 0.6 is 0 Å². The second kappa shape index (κ2) is 10.2. The van der Waals surface area contributed by atoms with Gasteiger partial charge in [-0.2, -0.15) is 8.42 Å². The number of aromatic nitrogens is 1. The van der Waals surface area contributed by atoms with Crippen LogP contribution in [0.4, 0.5) is 0 Å². The molecule has 1 heterocycles. The highest BCUT2D eigenvalue weighted by Gasteiger charge is 2.08. The summed E-state index contributed by atoms with van der Waals surface area (Å²) in [5, 5.41) is 0. The van der Waals surface area contributed by atoms with Gasteiger partial charge in [-0.05, 0) is 30.0 Å². The number of pyridine rings is 1. The Labute approximate surface area is 172 Å². The van der Waals surface area contributed by atoms with E-state index in [0.29, 0.717) is 18.9 Å². The minimum Gasteiger partial charge on any atom is -0.478 e. The maximum absolute atomic E-state index is 10.7. The van der Waals surface area contributed by atoms with Crippen LogP contribution in [0.25, 0.3) is 22.4 Å². The Bertz CT molecular complexity index is 948. The summed E-state index contributed by atoms with van der Waals surface area (Å²) in [6, 6.07) is 24.1. The lowest BCUT2D eigenvalue weighted by molar-refractivity contribution is 0.294. The molecule has 0 aliphatic heterocycles. The molecule has 0 aliphatic carbocycles. The quantitative estimate of drug-likeness (QED) is 0.364. The van der Waals surface area contributed by atoms with Gasteiger partial charge in [-0.25, -0.2) is 4.98 Å². The molecule has 0 amide bonds. The molecule has 5 nitrogen and oxygen atoms in total. The van der Waals surface area contributed by atoms with Gasteiger partial charge in [-0.15, -0.1) is 0 Å². The maximum Gasteiger partial charge on any atom is 0.264 e. The number of hydrogen-bond donors (Lipinski definition) is 1. The van der Waals surface area contributed by atoms with E-state index in [4.69, 9.17) is 9.29 Å². The zero-order chi connectivity index (χ0) is 20.5. The summed E-state index contributed by atoms with van der Waals surface area (Å²) in [7, 11) is -3.86. The fourth-order valence-electron chi connectivity index (χ4n) is 3.05. The predicted octanol–water partition coefficient (Wildman–Crippen LogP) is 5.24. The van der Waals surface area contributed by atoms with E-state index >= 15 is 0 Å². The van der Waals surface area contributed by atoms with E-state index in [1.165, 1.54) is 0 Å². The highest BCUT2D eigenvalue weighted by atomic mass is 32.2. The molecule has 6 heteroatoms. The van der Waals surface area contributed by atoms with E-state index < -0.39 is 10.1 Å². The Hall–Kier alpha value is -2.70. The summed E-state index contributed by atoms with van der Waals surface area (Å²) in [6.07, 6.45) is 2.82. The molecule has 0 bridgehead atoms. The van der Waals surface area contributed by atoms with Gasteiger partial charge in [-0.3, -0.25) is 4.55 Å². The molecule has 2 aromatic carbocycles. The molecule has 1 N–H and O–H groups in total.